The molecule has 2 atom stereocenters. The summed E-state index contributed by atoms with van der Waals surface area (Å²) in [6, 6.07) is 9.84. The van der Waals surface area contributed by atoms with E-state index in [-0.39, 0.29) is 5.56 Å². The summed E-state index contributed by atoms with van der Waals surface area (Å²) in [5.74, 6) is -6.26. The van der Waals surface area contributed by atoms with Gasteiger partial charge >= 0.3 is 20.6 Å². The number of rotatable bonds is 8. The zero-order chi connectivity index (χ0) is 26.7. The summed E-state index contributed by atoms with van der Waals surface area (Å²) >= 11 is 19.5. The number of nitrogens with one attached hydrogen (secondary N) is 1. The first kappa shape index (κ1) is 28.5. The van der Waals surface area contributed by atoms with Gasteiger partial charge in [-0.1, -0.05) is 34.8 Å². The molecule has 0 aliphatic carbocycles. The monoisotopic (exact) mass is 587 g/mol. The summed E-state index contributed by atoms with van der Waals surface area (Å²) in [5.41, 5.74) is -0.216. The molecule has 0 bridgehead atoms. The average molecular weight is 589 g/mol. The van der Waals surface area contributed by atoms with Gasteiger partial charge in [-0.2, -0.15) is 0 Å². The number of thiophene rings is 1. The van der Waals surface area contributed by atoms with Gasteiger partial charge in [0.05, 0.1) is 5.41 Å². The first-order chi connectivity index (χ1) is 16.8. The predicted molar refractivity (Wildman–Crippen MR) is 142 cm³/mol. The van der Waals surface area contributed by atoms with Gasteiger partial charge < -0.3 is 15.2 Å². The SMILES string of the molecule is CC(C)(C)C(=O)OC(O)(OP=O)C(C(=O)N/C=C/c1cc(Cl)cc(Cl)c1)c1csc2ccc(Cl)cc12. The average Bonchev–Trinajstić information content (AvgIpc) is 3.15. The number of ether oxygens (including phenoxy) is 1. The number of carbonyl (C=O) groups excluding carboxylic acids is 2. The zero-order valence-corrected chi connectivity index (χ0v) is 23.2. The van der Waals surface area contributed by atoms with E-state index in [9.17, 15) is 19.3 Å². The Hall–Kier alpha value is -2.03. The molecule has 2 unspecified atom stereocenters. The van der Waals surface area contributed by atoms with E-state index in [0.717, 1.165) is 4.70 Å². The largest absolute Gasteiger partial charge is 0.406 e. The van der Waals surface area contributed by atoms with Crippen molar-refractivity contribution in [1.82, 2.24) is 5.32 Å². The van der Waals surface area contributed by atoms with Gasteiger partial charge in [0.1, 0.15) is 0 Å². The Labute approximate surface area is 228 Å². The Morgan fingerprint density at radius 1 is 1.08 bits per heavy atom. The lowest BCUT2D eigenvalue weighted by molar-refractivity contribution is -0.310. The van der Waals surface area contributed by atoms with Crippen LogP contribution in [-0.4, -0.2) is 23.0 Å². The molecule has 0 spiro atoms. The van der Waals surface area contributed by atoms with Crippen LogP contribution < -0.4 is 5.32 Å². The molecule has 190 valence electrons. The number of halogens is 3. The van der Waals surface area contributed by atoms with Crippen molar-refractivity contribution in [1.29, 1.82) is 0 Å². The maximum Gasteiger partial charge on any atom is 0.353 e. The van der Waals surface area contributed by atoms with Gasteiger partial charge in [-0.3, -0.25) is 9.59 Å². The highest BCUT2D eigenvalue weighted by molar-refractivity contribution is 7.17. The first-order valence-electron chi connectivity index (χ1n) is 10.4. The fraction of sp³-hybridized carbons (Fsp3) is 0.250. The van der Waals surface area contributed by atoms with E-state index >= 15 is 0 Å². The van der Waals surface area contributed by atoms with E-state index in [4.69, 9.17) is 44.1 Å². The Kier molecular flexibility index (Phi) is 9.17. The summed E-state index contributed by atoms with van der Waals surface area (Å²) in [6.45, 7) is 4.66. The van der Waals surface area contributed by atoms with Crippen molar-refractivity contribution in [3.8, 4) is 0 Å². The standard InChI is InChI=1S/C24H21Cl3NO6PS/c1-23(2,3)22(30)33-24(31,34-35-32)20(18-12-36-19-5-4-14(25)11-17(18)19)21(29)28-7-6-13-8-15(26)10-16(27)9-13/h4-12,20,31H,1-3H3,(H,28,29)/b7-6+. The van der Waals surface area contributed by atoms with E-state index in [0.29, 0.717) is 26.0 Å². The van der Waals surface area contributed by atoms with Gasteiger partial charge in [0.15, 0.2) is 5.92 Å². The van der Waals surface area contributed by atoms with E-state index < -0.39 is 37.9 Å². The Morgan fingerprint density at radius 2 is 1.75 bits per heavy atom. The van der Waals surface area contributed by atoms with Gasteiger partial charge in [0.2, 0.25) is 5.91 Å². The van der Waals surface area contributed by atoms with Crippen LogP contribution in [0.15, 0.2) is 48.0 Å². The molecule has 0 fully saturated rings. The van der Waals surface area contributed by atoms with Crippen LogP contribution in [0.25, 0.3) is 16.2 Å². The molecule has 1 heterocycles. The molecule has 3 aromatic rings. The minimum Gasteiger partial charge on any atom is -0.406 e. The van der Waals surface area contributed by atoms with Crippen LogP contribution in [0.1, 0.15) is 37.8 Å². The van der Waals surface area contributed by atoms with Crippen molar-refractivity contribution in [2.75, 3.05) is 0 Å². The molecular weight excluding hydrogens is 568 g/mol. The molecule has 0 saturated carbocycles. The smallest absolute Gasteiger partial charge is 0.353 e. The van der Waals surface area contributed by atoms with Crippen LogP contribution in [0.4, 0.5) is 0 Å². The Morgan fingerprint density at radius 3 is 2.36 bits per heavy atom. The normalized spacial score (nSPS) is 14.6. The number of carbonyl (C=O) groups is 2. The molecule has 0 radical (unpaired) electrons. The second kappa shape index (κ2) is 11.6. The molecular formula is C24H21Cl3NO6PS. The van der Waals surface area contributed by atoms with Crippen molar-refractivity contribution in [3.63, 3.8) is 0 Å². The third-order valence-corrected chi connectivity index (χ3v) is 6.90. The lowest BCUT2D eigenvalue weighted by atomic mass is 9.93. The summed E-state index contributed by atoms with van der Waals surface area (Å²) in [7, 11) is -1.02. The predicted octanol–water partition coefficient (Wildman–Crippen LogP) is 7.19. The minimum atomic E-state index is -2.92. The highest BCUT2D eigenvalue weighted by Gasteiger charge is 2.51. The van der Waals surface area contributed by atoms with Crippen LogP contribution in [0, 0.1) is 5.41 Å². The maximum absolute atomic E-state index is 13.5. The van der Waals surface area contributed by atoms with Crippen LogP contribution in [0.5, 0.6) is 0 Å². The molecule has 2 aromatic carbocycles. The molecule has 1 amide bonds. The Bertz CT molecular complexity index is 1320. The summed E-state index contributed by atoms with van der Waals surface area (Å²) in [6.07, 6.45) is 2.84. The van der Waals surface area contributed by atoms with Crippen molar-refractivity contribution in [3.05, 3.63) is 74.2 Å². The van der Waals surface area contributed by atoms with Gasteiger partial charge in [0.25, 0.3) is 0 Å². The van der Waals surface area contributed by atoms with Crippen LogP contribution >= 0.6 is 54.8 Å². The zero-order valence-electron chi connectivity index (χ0n) is 19.3. The summed E-state index contributed by atoms with van der Waals surface area (Å²) in [4.78, 5) is 26.1. The minimum absolute atomic E-state index is 0.252. The van der Waals surface area contributed by atoms with E-state index in [1.165, 1.54) is 23.6 Å². The third-order valence-electron chi connectivity index (χ3n) is 4.91. The second-order valence-electron chi connectivity index (χ2n) is 8.75. The quantitative estimate of drug-likeness (QED) is 0.164. The van der Waals surface area contributed by atoms with Gasteiger partial charge in [0, 0.05) is 26.0 Å². The Balaban J connectivity index is 2.06. The summed E-state index contributed by atoms with van der Waals surface area (Å²) in [5, 5.41) is 17.2. The lowest BCUT2D eigenvalue weighted by Crippen LogP contribution is -2.49. The fourth-order valence-corrected chi connectivity index (χ4v) is 5.12. The molecule has 1 aromatic heterocycles. The molecule has 12 heteroatoms. The molecule has 3 rings (SSSR count). The fourth-order valence-electron chi connectivity index (χ4n) is 3.19. The van der Waals surface area contributed by atoms with E-state index in [1.807, 2.05) is 0 Å². The van der Waals surface area contributed by atoms with Gasteiger partial charge in [-0.15, -0.1) is 11.3 Å². The number of fused-ring (bicyclic) bond motifs is 1. The van der Waals surface area contributed by atoms with Crippen molar-refractivity contribution in [2.45, 2.75) is 32.7 Å². The van der Waals surface area contributed by atoms with Crippen LogP contribution in [0.2, 0.25) is 15.1 Å². The molecule has 7 nitrogen and oxygen atoms in total. The molecule has 0 aliphatic rings. The highest BCUT2D eigenvalue weighted by atomic mass is 35.5. The molecule has 36 heavy (non-hydrogen) atoms. The van der Waals surface area contributed by atoms with Crippen molar-refractivity contribution >= 4 is 82.9 Å². The number of amides is 1. The number of esters is 1. The summed E-state index contributed by atoms with van der Waals surface area (Å²) < 4.78 is 22.4. The van der Waals surface area contributed by atoms with Crippen LogP contribution in [-0.2, 0) is 23.4 Å². The number of aliphatic hydroxyl groups is 1. The number of hydrogen-bond donors (Lipinski definition) is 2. The highest BCUT2D eigenvalue weighted by Crippen LogP contribution is 2.41. The van der Waals surface area contributed by atoms with E-state index in [1.54, 1.807) is 62.5 Å². The number of benzene rings is 2. The topological polar surface area (TPSA) is 102 Å². The van der Waals surface area contributed by atoms with Crippen molar-refractivity contribution < 1.29 is 28.5 Å². The third kappa shape index (κ3) is 6.84. The molecule has 0 aliphatic heterocycles. The first-order valence-corrected chi connectivity index (χ1v) is 13.1. The van der Waals surface area contributed by atoms with Crippen molar-refractivity contribution in [2.24, 2.45) is 5.41 Å². The van der Waals surface area contributed by atoms with Gasteiger partial charge in [-0.05, 0) is 85.1 Å². The van der Waals surface area contributed by atoms with E-state index in [2.05, 4.69) is 5.32 Å². The number of hydrogen-bond acceptors (Lipinski definition) is 7. The second-order valence-corrected chi connectivity index (χ2v) is 11.3. The lowest BCUT2D eigenvalue weighted by Gasteiger charge is -2.33. The molecule has 0 saturated heterocycles. The maximum atomic E-state index is 13.5. The van der Waals surface area contributed by atoms with Crippen LogP contribution in [0.3, 0.4) is 0 Å². The van der Waals surface area contributed by atoms with Gasteiger partial charge in [-0.25, -0.2) is 9.09 Å². The molecule has 2 N–H and O–H groups in total.